The SMILES string of the molecule is CN(C)C1CCCN(Cc2nc3ccc(N)cc3o2)C1. The van der Waals surface area contributed by atoms with E-state index in [1.54, 1.807) is 0 Å². The van der Waals surface area contributed by atoms with Crippen molar-refractivity contribution in [3.8, 4) is 0 Å². The molecule has 1 aromatic heterocycles. The predicted molar refractivity (Wildman–Crippen MR) is 80.4 cm³/mol. The average Bonchev–Trinajstić information content (AvgIpc) is 2.80. The second-order valence-electron chi connectivity index (χ2n) is 5.83. The van der Waals surface area contributed by atoms with Gasteiger partial charge in [-0.1, -0.05) is 0 Å². The molecule has 20 heavy (non-hydrogen) atoms. The van der Waals surface area contributed by atoms with Crippen molar-refractivity contribution in [3.05, 3.63) is 24.1 Å². The summed E-state index contributed by atoms with van der Waals surface area (Å²) in [6.07, 6.45) is 2.50. The first-order chi connectivity index (χ1) is 9.61. The summed E-state index contributed by atoms with van der Waals surface area (Å²) in [4.78, 5) is 9.26. The number of rotatable bonds is 3. The third-order valence-corrected chi connectivity index (χ3v) is 4.03. The van der Waals surface area contributed by atoms with Crippen molar-refractivity contribution in [1.82, 2.24) is 14.8 Å². The van der Waals surface area contributed by atoms with Crippen LogP contribution in [0.3, 0.4) is 0 Å². The zero-order valence-corrected chi connectivity index (χ0v) is 12.2. The van der Waals surface area contributed by atoms with Gasteiger partial charge in [-0.05, 0) is 45.6 Å². The van der Waals surface area contributed by atoms with E-state index in [1.165, 1.54) is 12.8 Å². The Labute approximate surface area is 119 Å². The Morgan fingerprint density at radius 3 is 3.10 bits per heavy atom. The van der Waals surface area contributed by atoms with Crippen LogP contribution in [0.2, 0.25) is 0 Å². The number of nitrogens with zero attached hydrogens (tertiary/aromatic N) is 3. The number of nitrogens with two attached hydrogens (primary N) is 1. The third-order valence-electron chi connectivity index (χ3n) is 4.03. The van der Waals surface area contributed by atoms with Crippen LogP contribution in [-0.2, 0) is 6.54 Å². The summed E-state index contributed by atoms with van der Waals surface area (Å²) in [7, 11) is 4.30. The number of hydrogen-bond acceptors (Lipinski definition) is 5. The van der Waals surface area contributed by atoms with Crippen molar-refractivity contribution in [2.24, 2.45) is 0 Å². The fourth-order valence-corrected chi connectivity index (χ4v) is 2.84. The molecule has 2 N–H and O–H groups in total. The standard InChI is InChI=1S/C15H22N4O/c1-18(2)12-4-3-7-19(9-12)10-15-17-13-6-5-11(16)8-14(13)20-15/h5-6,8,12H,3-4,7,9-10,16H2,1-2H3. The normalized spacial score (nSPS) is 20.9. The number of anilines is 1. The van der Waals surface area contributed by atoms with Crippen molar-refractivity contribution < 1.29 is 4.42 Å². The van der Waals surface area contributed by atoms with Crippen molar-refractivity contribution in [2.45, 2.75) is 25.4 Å². The van der Waals surface area contributed by atoms with Gasteiger partial charge in [0.15, 0.2) is 5.58 Å². The zero-order chi connectivity index (χ0) is 14.1. The van der Waals surface area contributed by atoms with E-state index in [1.807, 2.05) is 18.2 Å². The lowest BCUT2D eigenvalue weighted by Crippen LogP contribution is -2.44. The van der Waals surface area contributed by atoms with Gasteiger partial charge in [-0.15, -0.1) is 0 Å². The fraction of sp³-hybridized carbons (Fsp3) is 0.533. The topological polar surface area (TPSA) is 58.5 Å². The molecule has 1 unspecified atom stereocenters. The van der Waals surface area contributed by atoms with Crippen LogP contribution in [0.1, 0.15) is 18.7 Å². The maximum absolute atomic E-state index is 5.80. The van der Waals surface area contributed by atoms with Gasteiger partial charge in [-0.25, -0.2) is 4.98 Å². The molecule has 5 heteroatoms. The molecule has 5 nitrogen and oxygen atoms in total. The van der Waals surface area contributed by atoms with Crippen LogP contribution in [-0.4, -0.2) is 48.0 Å². The minimum Gasteiger partial charge on any atom is -0.439 e. The molecule has 2 heterocycles. The lowest BCUT2D eigenvalue weighted by atomic mass is 10.1. The largest absolute Gasteiger partial charge is 0.439 e. The molecule has 2 aromatic rings. The van der Waals surface area contributed by atoms with Crippen LogP contribution in [0.15, 0.2) is 22.6 Å². The Morgan fingerprint density at radius 1 is 1.45 bits per heavy atom. The summed E-state index contributed by atoms with van der Waals surface area (Å²) in [6, 6.07) is 6.24. The number of fused-ring (bicyclic) bond motifs is 1. The highest BCUT2D eigenvalue weighted by atomic mass is 16.3. The molecular weight excluding hydrogens is 252 g/mol. The second kappa shape index (κ2) is 5.42. The fourth-order valence-electron chi connectivity index (χ4n) is 2.84. The first-order valence-corrected chi connectivity index (χ1v) is 7.15. The number of aromatic nitrogens is 1. The molecule has 1 atom stereocenters. The van der Waals surface area contributed by atoms with Gasteiger partial charge in [0.05, 0.1) is 6.54 Å². The molecule has 1 aromatic carbocycles. The van der Waals surface area contributed by atoms with E-state index in [0.29, 0.717) is 11.7 Å². The lowest BCUT2D eigenvalue weighted by molar-refractivity contribution is 0.120. The lowest BCUT2D eigenvalue weighted by Gasteiger charge is -2.35. The minimum atomic E-state index is 0.628. The van der Waals surface area contributed by atoms with Gasteiger partial charge in [0.25, 0.3) is 0 Å². The summed E-state index contributed by atoms with van der Waals surface area (Å²) in [5.41, 5.74) is 8.14. The molecule has 0 saturated carbocycles. The number of hydrogen-bond donors (Lipinski definition) is 1. The molecule has 3 rings (SSSR count). The van der Waals surface area contributed by atoms with Gasteiger partial charge < -0.3 is 15.1 Å². The summed E-state index contributed by atoms with van der Waals surface area (Å²) in [6.45, 7) is 2.97. The Kier molecular flexibility index (Phi) is 3.63. The monoisotopic (exact) mass is 274 g/mol. The number of likely N-dealkylation sites (N-methyl/N-ethyl adjacent to an activating group) is 1. The number of piperidine rings is 1. The summed E-state index contributed by atoms with van der Waals surface area (Å²) in [5, 5.41) is 0. The quantitative estimate of drug-likeness (QED) is 0.867. The Balaban J connectivity index is 1.72. The van der Waals surface area contributed by atoms with Crippen LogP contribution in [0.4, 0.5) is 5.69 Å². The van der Waals surface area contributed by atoms with Gasteiger partial charge in [0.2, 0.25) is 5.89 Å². The van der Waals surface area contributed by atoms with E-state index < -0.39 is 0 Å². The van der Waals surface area contributed by atoms with E-state index in [-0.39, 0.29) is 0 Å². The van der Waals surface area contributed by atoms with Crippen molar-refractivity contribution >= 4 is 16.8 Å². The number of nitrogen functional groups attached to an aromatic ring is 1. The molecule has 0 spiro atoms. The van der Waals surface area contributed by atoms with Gasteiger partial charge in [-0.2, -0.15) is 0 Å². The summed E-state index contributed by atoms with van der Waals surface area (Å²) < 4.78 is 5.80. The van der Waals surface area contributed by atoms with Crippen molar-refractivity contribution in [2.75, 3.05) is 32.9 Å². The van der Waals surface area contributed by atoms with Crippen molar-refractivity contribution in [1.29, 1.82) is 0 Å². The van der Waals surface area contributed by atoms with Crippen LogP contribution >= 0.6 is 0 Å². The van der Waals surface area contributed by atoms with Gasteiger partial charge in [0.1, 0.15) is 5.52 Å². The van der Waals surface area contributed by atoms with Crippen LogP contribution in [0.5, 0.6) is 0 Å². The number of benzene rings is 1. The van der Waals surface area contributed by atoms with Crippen LogP contribution < -0.4 is 5.73 Å². The highest BCUT2D eigenvalue weighted by Crippen LogP contribution is 2.21. The maximum Gasteiger partial charge on any atom is 0.209 e. The number of oxazole rings is 1. The molecule has 0 bridgehead atoms. The first kappa shape index (κ1) is 13.4. The zero-order valence-electron chi connectivity index (χ0n) is 12.2. The Hall–Kier alpha value is -1.59. The van der Waals surface area contributed by atoms with E-state index in [0.717, 1.165) is 36.6 Å². The van der Waals surface area contributed by atoms with Gasteiger partial charge in [-0.3, -0.25) is 4.90 Å². The van der Waals surface area contributed by atoms with Crippen LogP contribution in [0, 0.1) is 0 Å². The summed E-state index contributed by atoms with van der Waals surface area (Å²) in [5.74, 6) is 0.782. The molecule has 1 aliphatic heterocycles. The second-order valence-corrected chi connectivity index (χ2v) is 5.83. The molecule has 1 aliphatic rings. The molecule has 0 amide bonds. The highest BCUT2D eigenvalue weighted by Gasteiger charge is 2.22. The molecule has 1 saturated heterocycles. The Bertz CT molecular complexity index is 593. The first-order valence-electron chi connectivity index (χ1n) is 7.15. The van der Waals surface area contributed by atoms with Gasteiger partial charge in [0, 0.05) is 24.3 Å². The summed E-state index contributed by atoms with van der Waals surface area (Å²) >= 11 is 0. The van der Waals surface area contributed by atoms with E-state index in [9.17, 15) is 0 Å². The van der Waals surface area contributed by atoms with E-state index in [4.69, 9.17) is 10.2 Å². The van der Waals surface area contributed by atoms with E-state index >= 15 is 0 Å². The maximum atomic E-state index is 5.80. The Morgan fingerprint density at radius 2 is 2.30 bits per heavy atom. The molecule has 0 radical (unpaired) electrons. The molecule has 108 valence electrons. The molecule has 1 fully saturated rings. The average molecular weight is 274 g/mol. The predicted octanol–water partition coefficient (Wildman–Crippen LogP) is 1.94. The van der Waals surface area contributed by atoms with Gasteiger partial charge >= 0.3 is 0 Å². The minimum absolute atomic E-state index is 0.628. The number of likely N-dealkylation sites (tertiary alicyclic amines) is 1. The third kappa shape index (κ3) is 2.78. The smallest absolute Gasteiger partial charge is 0.209 e. The van der Waals surface area contributed by atoms with Crippen molar-refractivity contribution in [3.63, 3.8) is 0 Å². The highest BCUT2D eigenvalue weighted by molar-refractivity contribution is 5.76. The molecule has 0 aliphatic carbocycles. The molecular formula is C15H22N4O. The van der Waals surface area contributed by atoms with Crippen LogP contribution in [0.25, 0.3) is 11.1 Å². The van der Waals surface area contributed by atoms with E-state index in [2.05, 4.69) is 28.9 Å².